The molecule has 1 aliphatic heterocycles. The van der Waals surface area contributed by atoms with E-state index in [-0.39, 0.29) is 45.1 Å². The van der Waals surface area contributed by atoms with Gasteiger partial charge in [-0.3, -0.25) is 43.2 Å². The number of nitrogens with one attached hydrogen (secondary N) is 5. The number of benzene rings is 1. The molecule has 2 rings (SSSR count). The van der Waals surface area contributed by atoms with Gasteiger partial charge in [-0.15, -0.1) is 0 Å². The van der Waals surface area contributed by atoms with Gasteiger partial charge in [-0.2, -0.15) is 0 Å². The molecule has 1 aromatic rings. The van der Waals surface area contributed by atoms with Crippen molar-refractivity contribution in [2.45, 2.75) is 108 Å². The van der Waals surface area contributed by atoms with Gasteiger partial charge in [0.1, 0.15) is 36.3 Å². The van der Waals surface area contributed by atoms with Gasteiger partial charge >= 0.3 is 0 Å². The number of primary amides is 3. The molecule has 13 N–H and O–H groups in total. The van der Waals surface area contributed by atoms with E-state index in [2.05, 4.69) is 26.6 Å². The average Bonchev–Trinajstić information content (AvgIpc) is 3.58. The number of nitrogens with two attached hydrogens (primary N) is 4. The molecule has 52 heavy (non-hydrogen) atoms. The lowest BCUT2D eigenvalue weighted by Gasteiger charge is -2.30. The molecule has 19 nitrogen and oxygen atoms in total. The summed E-state index contributed by atoms with van der Waals surface area (Å²) in [6.07, 6.45) is -0.394. The van der Waals surface area contributed by atoms with Crippen molar-refractivity contribution in [1.29, 1.82) is 0 Å². The van der Waals surface area contributed by atoms with Crippen molar-refractivity contribution in [3.8, 4) is 0 Å². The lowest BCUT2D eigenvalue weighted by molar-refractivity contribution is -0.142. The fourth-order valence-electron chi connectivity index (χ4n) is 5.33. The highest BCUT2D eigenvalue weighted by Crippen LogP contribution is 2.20. The summed E-state index contributed by atoms with van der Waals surface area (Å²) in [6.45, 7) is 4.24. The molecule has 1 fully saturated rings. The van der Waals surface area contributed by atoms with Crippen LogP contribution in [0.5, 0.6) is 0 Å². The van der Waals surface area contributed by atoms with Crippen LogP contribution >= 0.6 is 0 Å². The monoisotopic (exact) mass is 730 g/mol. The van der Waals surface area contributed by atoms with Crippen molar-refractivity contribution in [3.05, 3.63) is 35.9 Å². The molecule has 0 aromatic heterocycles. The highest BCUT2D eigenvalue weighted by atomic mass is 16.2. The second-order valence-corrected chi connectivity index (χ2v) is 12.7. The summed E-state index contributed by atoms with van der Waals surface area (Å²) >= 11 is 0. The van der Waals surface area contributed by atoms with Crippen LogP contribution in [-0.4, -0.2) is 107 Å². The Morgan fingerprint density at radius 2 is 1.21 bits per heavy atom. The Balaban J connectivity index is 2.17. The van der Waals surface area contributed by atoms with Crippen LogP contribution in [0.25, 0.3) is 0 Å². The summed E-state index contributed by atoms with van der Waals surface area (Å²) in [5.41, 5.74) is 22.3. The van der Waals surface area contributed by atoms with Gasteiger partial charge in [0.25, 0.3) is 0 Å². The predicted molar refractivity (Wildman–Crippen MR) is 186 cm³/mol. The molecule has 0 spiro atoms. The van der Waals surface area contributed by atoms with Crippen molar-refractivity contribution in [2.24, 2.45) is 22.9 Å². The highest BCUT2D eigenvalue weighted by Gasteiger charge is 2.39. The highest BCUT2D eigenvalue weighted by molar-refractivity contribution is 5.97. The van der Waals surface area contributed by atoms with Gasteiger partial charge in [0.15, 0.2) is 0 Å². The Morgan fingerprint density at radius 1 is 0.692 bits per heavy atom. The summed E-state index contributed by atoms with van der Waals surface area (Å²) in [5, 5.41) is 12.4. The van der Waals surface area contributed by atoms with Crippen molar-refractivity contribution >= 4 is 53.2 Å². The fourth-order valence-corrected chi connectivity index (χ4v) is 5.33. The molecule has 19 heteroatoms. The number of hydrogen-bond donors (Lipinski definition) is 9. The molecule has 1 aromatic carbocycles. The summed E-state index contributed by atoms with van der Waals surface area (Å²) in [6, 6.07) is 0.719. The normalized spacial score (nSPS) is 17.2. The first-order valence-electron chi connectivity index (χ1n) is 16.9. The average molecular weight is 731 g/mol. The van der Waals surface area contributed by atoms with Crippen molar-refractivity contribution in [2.75, 3.05) is 6.54 Å². The van der Waals surface area contributed by atoms with Crippen LogP contribution in [-0.2, 0) is 49.6 Å². The Morgan fingerprint density at radius 3 is 1.73 bits per heavy atom. The number of rotatable bonds is 20. The van der Waals surface area contributed by atoms with Gasteiger partial charge in [-0.05, 0) is 52.0 Å². The number of hydrogen-bond acceptors (Lipinski definition) is 10. The molecule has 1 saturated heterocycles. The molecular weight excluding hydrogens is 680 g/mol. The van der Waals surface area contributed by atoms with Crippen molar-refractivity contribution < 1.29 is 43.2 Å². The van der Waals surface area contributed by atoms with E-state index in [0.717, 1.165) is 5.56 Å². The Labute approximate surface area is 301 Å². The zero-order valence-corrected chi connectivity index (χ0v) is 29.5. The van der Waals surface area contributed by atoms with Crippen LogP contribution < -0.4 is 49.5 Å². The van der Waals surface area contributed by atoms with E-state index in [4.69, 9.17) is 22.9 Å². The molecule has 0 saturated carbocycles. The van der Waals surface area contributed by atoms with E-state index in [9.17, 15) is 43.2 Å². The maximum atomic E-state index is 13.7. The molecule has 1 heterocycles. The van der Waals surface area contributed by atoms with Gasteiger partial charge in [0.2, 0.25) is 53.2 Å². The Hall–Kier alpha value is -5.59. The lowest BCUT2D eigenvalue weighted by Crippen LogP contribution is -2.59. The maximum Gasteiger partial charge on any atom is 0.245 e. The van der Waals surface area contributed by atoms with E-state index in [1.165, 1.54) is 25.7 Å². The van der Waals surface area contributed by atoms with E-state index in [0.29, 0.717) is 6.42 Å². The quantitative estimate of drug-likeness (QED) is 0.0627. The molecule has 0 bridgehead atoms. The third-order valence-corrected chi connectivity index (χ3v) is 8.31. The van der Waals surface area contributed by atoms with Crippen LogP contribution in [0, 0.1) is 0 Å². The minimum absolute atomic E-state index is 0.0935. The SMILES string of the molecule is C[C@H](N)C(=O)N[C@@H](C)C(=O)N[C@@H](CCC(N)=O)C(=O)N1CCC[C@H]1C(=O)N[C@@H](CCC(N)=O)C(=O)N[C@@H](C)C(=O)N[C@@H](Cc1ccccc1)C(N)=O. The zero-order chi connectivity index (χ0) is 39.1. The van der Waals surface area contributed by atoms with Gasteiger partial charge < -0.3 is 54.4 Å². The minimum Gasteiger partial charge on any atom is -0.370 e. The van der Waals surface area contributed by atoms with E-state index in [1.807, 2.05) is 0 Å². The van der Waals surface area contributed by atoms with Crippen LogP contribution in [0.2, 0.25) is 0 Å². The Kier molecular flexibility index (Phi) is 16.6. The van der Waals surface area contributed by atoms with Gasteiger partial charge in [0.05, 0.1) is 6.04 Å². The van der Waals surface area contributed by atoms with Gasteiger partial charge in [0, 0.05) is 25.8 Å². The third-order valence-electron chi connectivity index (χ3n) is 8.31. The predicted octanol–water partition coefficient (Wildman–Crippen LogP) is -3.95. The van der Waals surface area contributed by atoms with Gasteiger partial charge in [-0.25, -0.2) is 0 Å². The van der Waals surface area contributed by atoms with Crippen LogP contribution in [0.3, 0.4) is 0 Å². The fraction of sp³-hybridized carbons (Fsp3) is 0.545. The second-order valence-electron chi connectivity index (χ2n) is 12.7. The number of likely N-dealkylation sites (tertiary alicyclic amines) is 1. The molecule has 286 valence electrons. The third kappa shape index (κ3) is 13.6. The number of nitrogens with zero attached hydrogens (tertiary/aromatic N) is 1. The lowest BCUT2D eigenvalue weighted by atomic mass is 10.0. The first-order chi connectivity index (χ1) is 24.4. The number of carbonyl (C=O) groups is 9. The molecule has 0 radical (unpaired) electrons. The van der Waals surface area contributed by atoms with E-state index < -0.39 is 95.5 Å². The number of amides is 9. The van der Waals surface area contributed by atoms with Crippen LogP contribution in [0.15, 0.2) is 30.3 Å². The maximum absolute atomic E-state index is 13.7. The van der Waals surface area contributed by atoms with E-state index >= 15 is 0 Å². The largest absolute Gasteiger partial charge is 0.370 e. The molecule has 0 aliphatic carbocycles. The van der Waals surface area contributed by atoms with Gasteiger partial charge in [-0.1, -0.05) is 30.3 Å². The van der Waals surface area contributed by atoms with E-state index in [1.54, 1.807) is 30.3 Å². The smallest absolute Gasteiger partial charge is 0.245 e. The standard InChI is InChI=1S/C33H50N10O9/c1-17(34)28(47)38-18(2)29(48)41-22(12-14-26(36)45)33(52)43-15-7-10-24(43)32(51)40-21(11-13-25(35)44)31(50)39-19(3)30(49)42-23(27(37)46)16-20-8-5-4-6-9-20/h4-6,8-9,17-19,21-24H,7,10-16,34H2,1-3H3,(H2,35,44)(H2,36,45)(H2,37,46)(H,38,47)(H,39,50)(H,40,51)(H,41,48)(H,42,49)/t17-,18-,19-,21-,22-,23-,24-/m0/s1. The molecule has 9 amide bonds. The van der Waals surface area contributed by atoms with Crippen molar-refractivity contribution in [3.63, 3.8) is 0 Å². The summed E-state index contributed by atoms with van der Waals surface area (Å²) in [5.74, 6) is -6.71. The first kappa shape index (κ1) is 42.6. The molecule has 0 unspecified atom stereocenters. The Bertz CT molecular complexity index is 1490. The topological polar surface area (TPSA) is 321 Å². The minimum atomic E-state index is -1.37. The molecule has 1 aliphatic rings. The molecular formula is C33H50N10O9. The summed E-state index contributed by atoms with van der Waals surface area (Å²) in [7, 11) is 0. The molecule has 7 atom stereocenters. The zero-order valence-electron chi connectivity index (χ0n) is 29.5. The second kappa shape index (κ2) is 20.3. The van der Waals surface area contributed by atoms with Crippen LogP contribution in [0.4, 0.5) is 0 Å². The first-order valence-corrected chi connectivity index (χ1v) is 16.9. The number of carbonyl (C=O) groups excluding carboxylic acids is 9. The van der Waals surface area contributed by atoms with Crippen molar-refractivity contribution in [1.82, 2.24) is 31.5 Å². The summed E-state index contributed by atoms with van der Waals surface area (Å²) in [4.78, 5) is 115. The van der Waals surface area contributed by atoms with Crippen LogP contribution in [0.1, 0.15) is 64.9 Å². The summed E-state index contributed by atoms with van der Waals surface area (Å²) < 4.78 is 0.